The van der Waals surface area contributed by atoms with Gasteiger partial charge in [0.05, 0.1) is 0 Å². The lowest BCUT2D eigenvalue weighted by molar-refractivity contribution is 0.0825. The molecule has 0 saturated heterocycles. The number of rotatable bonds is 3. The van der Waals surface area contributed by atoms with Gasteiger partial charge < -0.3 is 0 Å². The van der Waals surface area contributed by atoms with Crippen molar-refractivity contribution in [2.75, 3.05) is 0 Å². The van der Waals surface area contributed by atoms with E-state index < -0.39 is 11.6 Å². The maximum absolute atomic E-state index is 13.5. The topological polar surface area (TPSA) is 0 Å². The highest BCUT2D eigenvalue weighted by Crippen LogP contribution is 2.52. The summed E-state index contributed by atoms with van der Waals surface area (Å²) in [5, 5.41) is 0. The number of hydrogen-bond acceptors (Lipinski definition) is 0. The predicted octanol–water partition coefficient (Wildman–Crippen LogP) is 5.82. The van der Waals surface area contributed by atoms with Gasteiger partial charge in [-0.3, -0.25) is 0 Å². The first kappa shape index (κ1) is 17.1. The van der Waals surface area contributed by atoms with Crippen LogP contribution in [0.3, 0.4) is 0 Å². The summed E-state index contributed by atoms with van der Waals surface area (Å²) in [6, 6.07) is 4.48. The van der Waals surface area contributed by atoms with E-state index in [0.717, 1.165) is 29.9 Å². The largest absolute Gasteiger partial charge is 0.204 e. The van der Waals surface area contributed by atoms with Crippen LogP contribution in [-0.4, -0.2) is 9.52 Å². The van der Waals surface area contributed by atoms with Gasteiger partial charge in [-0.1, -0.05) is 37.9 Å². The van der Waals surface area contributed by atoms with E-state index in [2.05, 4.69) is 13.5 Å². The van der Waals surface area contributed by atoms with E-state index in [1.54, 1.807) is 6.07 Å². The maximum atomic E-state index is 13.5. The van der Waals surface area contributed by atoms with Crippen molar-refractivity contribution in [1.82, 2.24) is 0 Å². The first-order chi connectivity index (χ1) is 11.0. The molecule has 0 spiro atoms. The normalized spacial score (nSPS) is 35.7. The first-order valence-electron chi connectivity index (χ1n) is 9.47. The van der Waals surface area contributed by atoms with E-state index in [0.29, 0.717) is 11.3 Å². The zero-order valence-corrected chi connectivity index (χ0v) is 16.0. The highest BCUT2D eigenvalue weighted by Gasteiger charge is 2.39. The molecule has 3 rings (SSSR count). The zero-order chi connectivity index (χ0) is 16.4. The molecule has 0 N–H and O–H groups in total. The molecule has 0 unspecified atom stereocenters. The second-order valence-electron chi connectivity index (χ2n) is 8.23. The summed E-state index contributed by atoms with van der Waals surface area (Å²) < 4.78 is 26.6. The van der Waals surface area contributed by atoms with Crippen molar-refractivity contribution in [2.45, 2.75) is 76.3 Å². The third-order valence-electron chi connectivity index (χ3n) is 6.95. The minimum atomic E-state index is -0.730. The highest BCUT2D eigenvalue weighted by atomic mass is 28.2. The molecule has 2 fully saturated rings. The third kappa shape index (κ3) is 3.70. The molecule has 2 aliphatic carbocycles. The molecule has 2 saturated carbocycles. The quantitative estimate of drug-likeness (QED) is 0.610. The van der Waals surface area contributed by atoms with Crippen molar-refractivity contribution in [1.29, 1.82) is 0 Å². The molecular weight excluding hydrogens is 306 g/mol. The van der Waals surface area contributed by atoms with Gasteiger partial charge in [0, 0.05) is 9.52 Å². The van der Waals surface area contributed by atoms with E-state index in [1.165, 1.54) is 50.7 Å². The Balaban J connectivity index is 1.59. The van der Waals surface area contributed by atoms with Crippen LogP contribution < -0.4 is 0 Å². The van der Waals surface area contributed by atoms with Crippen molar-refractivity contribution in [2.24, 2.45) is 11.3 Å². The zero-order valence-electron chi connectivity index (χ0n) is 14.6. The van der Waals surface area contributed by atoms with Crippen molar-refractivity contribution >= 4 is 9.52 Å². The molecule has 0 aliphatic heterocycles. The fourth-order valence-corrected chi connectivity index (χ4v) is 6.27. The van der Waals surface area contributed by atoms with Gasteiger partial charge in [-0.2, -0.15) is 0 Å². The fraction of sp³-hybridized carbons (Fsp3) is 0.700. The van der Waals surface area contributed by atoms with Crippen LogP contribution in [0.2, 0.25) is 12.1 Å². The lowest BCUT2D eigenvalue weighted by atomic mass is 9.61. The Morgan fingerprint density at radius 2 is 1.61 bits per heavy atom. The van der Waals surface area contributed by atoms with Gasteiger partial charge in [0.1, 0.15) is 0 Å². The van der Waals surface area contributed by atoms with Gasteiger partial charge in [-0.05, 0) is 73.5 Å². The van der Waals surface area contributed by atoms with Gasteiger partial charge in [0.25, 0.3) is 0 Å². The maximum Gasteiger partial charge on any atom is 0.159 e. The van der Waals surface area contributed by atoms with Crippen LogP contribution in [0.15, 0.2) is 18.2 Å². The SMILES string of the molecule is C[SiH2][C@H]1CC[C@](C)(C2CCC(c3ccc(F)c(F)c3)CC2)CC1. The summed E-state index contributed by atoms with van der Waals surface area (Å²) >= 11 is 0. The van der Waals surface area contributed by atoms with E-state index in [4.69, 9.17) is 0 Å². The van der Waals surface area contributed by atoms with Gasteiger partial charge in [0.15, 0.2) is 11.6 Å². The Morgan fingerprint density at radius 3 is 2.17 bits per heavy atom. The van der Waals surface area contributed by atoms with Crippen molar-refractivity contribution in [3.63, 3.8) is 0 Å². The van der Waals surface area contributed by atoms with Crippen molar-refractivity contribution in [3.05, 3.63) is 35.4 Å². The van der Waals surface area contributed by atoms with Crippen molar-refractivity contribution < 1.29 is 8.78 Å². The van der Waals surface area contributed by atoms with Gasteiger partial charge in [-0.25, -0.2) is 8.78 Å². The minimum absolute atomic E-state index is 0.174. The molecule has 0 heterocycles. The monoisotopic (exact) mass is 336 g/mol. The molecule has 23 heavy (non-hydrogen) atoms. The van der Waals surface area contributed by atoms with Gasteiger partial charge >= 0.3 is 0 Å². The summed E-state index contributed by atoms with van der Waals surface area (Å²) in [7, 11) is 0.174. The highest BCUT2D eigenvalue weighted by molar-refractivity contribution is 6.35. The van der Waals surface area contributed by atoms with E-state index in [-0.39, 0.29) is 9.52 Å². The van der Waals surface area contributed by atoms with Crippen LogP contribution in [0.5, 0.6) is 0 Å². The second-order valence-corrected chi connectivity index (χ2v) is 10.2. The van der Waals surface area contributed by atoms with Crippen LogP contribution in [-0.2, 0) is 0 Å². The molecule has 0 atom stereocenters. The third-order valence-corrected chi connectivity index (χ3v) is 8.92. The second kappa shape index (κ2) is 7.04. The number of halogens is 2. The van der Waals surface area contributed by atoms with Gasteiger partial charge in [-0.15, -0.1) is 0 Å². The standard InChI is InChI=1S/C20H30F2Si/c1-20(11-9-17(23-2)10-12-20)16-6-3-14(4-7-16)15-5-8-18(21)19(22)13-15/h5,8,13-14,16-17H,3-4,6-7,9-12,23H2,1-2H3/t14?,16?,17-,20-. The lowest BCUT2D eigenvalue weighted by Gasteiger charge is -2.46. The summed E-state index contributed by atoms with van der Waals surface area (Å²) in [6.45, 7) is 4.98. The Kier molecular flexibility index (Phi) is 5.25. The predicted molar refractivity (Wildman–Crippen MR) is 95.8 cm³/mol. The average Bonchev–Trinajstić information content (AvgIpc) is 2.58. The lowest BCUT2D eigenvalue weighted by Crippen LogP contribution is -2.34. The minimum Gasteiger partial charge on any atom is -0.204 e. The molecular formula is C20H30F2Si. The molecule has 128 valence electrons. The van der Waals surface area contributed by atoms with Crippen LogP contribution in [0.25, 0.3) is 0 Å². The van der Waals surface area contributed by atoms with E-state index >= 15 is 0 Å². The number of hydrogen-bond donors (Lipinski definition) is 0. The van der Waals surface area contributed by atoms with Crippen LogP contribution in [0.1, 0.15) is 69.8 Å². The summed E-state index contributed by atoms with van der Waals surface area (Å²) in [6.07, 6.45) is 10.5. The van der Waals surface area contributed by atoms with E-state index in [1.807, 2.05) is 0 Å². The molecule has 0 aromatic heterocycles. The molecule has 0 radical (unpaired) electrons. The summed E-state index contributed by atoms with van der Waals surface area (Å²) in [4.78, 5) is 0. The van der Waals surface area contributed by atoms with Gasteiger partial charge in [0.2, 0.25) is 0 Å². The molecule has 1 aromatic rings. The fourth-order valence-electron chi connectivity index (χ4n) is 5.04. The molecule has 0 amide bonds. The Bertz CT molecular complexity index is 526. The molecule has 2 aliphatic rings. The molecule has 0 nitrogen and oxygen atoms in total. The molecule has 1 aromatic carbocycles. The Hall–Kier alpha value is -0.703. The Morgan fingerprint density at radius 1 is 0.957 bits per heavy atom. The summed E-state index contributed by atoms with van der Waals surface area (Å²) in [5.74, 6) is -0.169. The van der Waals surface area contributed by atoms with Crippen LogP contribution in [0.4, 0.5) is 8.78 Å². The van der Waals surface area contributed by atoms with Crippen LogP contribution >= 0.6 is 0 Å². The molecule has 3 heteroatoms. The smallest absolute Gasteiger partial charge is 0.159 e. The average molecular weight is 337 g/mol. The molecule has 0 bridgehead atoms. The van der Waals surface area contributed by atoms with E-state index in [9.17, 15) is 8.78 Å². The van der Waals surface area contributed by atoms with Crippen LogP contribution in [0, 0.1) is 23.0 Å². The summed E-state index contributed by atoms with van der Waals surface area (Å²) in [5.41, 5.74) is 2.62. The number of benzene rings is 1. The Labute approximate surface area is 141 Å². The first-order valence-corrected chi connectivity index (χ1v) is 11.7. The van der Waals surface area contributed by atoms with Crippen molar-refractivity contribution in [3.8, 4) is 0 Å².